The quantitative estimate of drug-likeness (QED) is 0.871. The van der Waals surface area contributed by atoms with E-state index in [-0.39, 0.29) is 6.17 Å². The molecule has 2 aromatic heterocycles. The van der Waals surface area contributed by atoms with Crippen molar-refractivity contribution in [1.82, 2.24) is 25.1 Å². The summed E-state index contributed by atoms with van der Waals surface area (Å²) in [5, 5.41) is 9.30. The highest BCUT2D eigenvalue weighted by atomic mass is 35.5. The van der Waals surface area contributed by atoms with E-state index in [9.17, 15) is 0 Å². The molecule has 2 aromatic rings. The molecule has 0 aromatic carbocycles. The highest BCUT2D eigenvalue weighted by Gasteiger charge is 2.49. The Morgan fingerprint density at radius 1 is 1.31 bits per heavy atom. The molecule has 9 heteroatoms. The SMILES string of the molecule is CC1CC1c1noc(C2=NNC3C4CCCCC4n4c(cnc4Cl)N23)n1. The van der Waals surface area contributed by atoms with Crippen LogP contribution >= 0.6 is 11.6 Å². The van der Waals surface area contributed by atoms with Gasteiger partial charge in [-0.2, -0.15) is 10.1 Å². The van der Waals surface area contributed by atoms with E-state index in [0.29, 0.717) is 40.8 Å². The van der Waals surface area contributed by atoms with E-state index in [2.05, 4.69) is 42.0 Å². The average molecular weight is 374 g/mol. The Labute approximate surface area is 155 Å². The van der Waals surface area contributed by atoms with Crippen LogP contribution in [0.1, 0.15) is 62.7 Å². The van der Waals surface area contributed by atoms with E-state index in [1.807, 2.05) is 6.20 Å². The topological polar surface area (TPSA) is 84.4 Å². The minimum absolute atomic E-state index is 0.0887. The molecule has 26 heavy (non-hydrogen) atoms. The summed E-state index contributed by atoms with van der Waals surface area (Å²) >= 11 is 6.45. The summed E-state index contributed by atoms with van der Waals surface area (Å²) < 4.78 is 7.73. The molecule has 1 N–H and O–H groups in total. The maximum absolute atomic E-state index is 6.45. The van der Waals surface area contributed by atoms with Crippen LogP contribution in [0.5, 0.6) is 0 Å². The summed E-state index contributed by atoms with van der Waals surface area (Å²) in [5.74, 6) is 4.35. The van der Waals surface area contributed by atoms with Gasteiger partial charge in [0.15, 0.2) is 5.82 Å². The number of anilines is 1. The lowest BCUT2D eigenvalue weighted by Gasteiger charge is -2.45. The average Bonchev–Trinajstić information content (AvgIpc) is 3.05. The van der Waals surface area contributed by atoms with Gasteiger partial charge in [0.05, 0.1) is 6.20 Å². The molecule has 8 nitrogen and oxygen atoms in total. The first-order chi connectivity index (χ1) is 12.7. The first-order valence-corrected chi connectivity index (χ1v) is 9.79. The normalized spacial score (nSPS) is 34.6. The Morgan fingerprint density at radius 2 is 2.15 bits per heavy atom. The Balaban J connectivity index is 1.41. The number of hydrogen-bond donors (Lipinski definition) is 1. The zero-order valence-electron chi connectivity index (χ0n) is 14.5. The van der Waals surface area contributed by atoms with E-state index >= 15 is 0 Å². The van der Waals surface area contributed by atoms with Gasteiger partial charge in [-0.3, -0.25) is 14.9 Å². The molecular weight excluding hydrogens is 354 g/mol. The van der Waals surface area contributed by atoms with Crippen molar-refractivity contribution in [3.8, 4) is 0 Å². The molecule has 2 fully saturated rings. The Hall–Kier alpha value is -2.09. The first-order valence-electron chi connectivity index (χ1n) is 9.41. The number of nitrogens with one attached hydrogen (secondary N) is 1. The Bertz CT molecular complexity index is 905. The van der Waals surface area contributed by atoms with E-state index < -0.39 is 0 Å². The maximum Gasteiger partial charge on any atom is 0.295 e. The minimum Gasteiger partial charge on any atom is -0.330 e. The van der Waals surface area contributed by atoms with E-state index in [1.165, 1.54) is 12.8 Å². The second-order valence-corrected chi connectivity index (χ2v) is 8.27. The van der Waals surface area contributed by atoms with Gasteiger partial charge in [-0.15, -0.1) is 0 Å². The minimum atomic E-state index is 0.0887. The third kappa shape index (κ3) is 1.96. The second kappa shape index (κ2) is 5.22. The molecule has 2 aliphatic carbocycles. The molecule has 6 rings (SSSR count). The fourth-order valence-corrected chi connectivity index (χ4v) is 5.12. The largest absolute Gasteiger partial charge is 0.330 e. The number of fused-ring (bicyclic) bond motifs is 6. The molecule has 2 aliphatic heterocycles. The predicted octanol–water partition coefficient (Wildman–Crippen LogP) is 2.89. The monoisotopic (exact) mass is 373 g/mol. The fraction of sp³-hybridized carbons (Fsp3) is 0.647. The number of hydrazone groups is 1. The van der Waals surface area contributed by atoms with Crippen LogP contribution in [0, 0.1) is 11.8 Å². The zero-order chi connectivity index (χ0) is 17.4. The van der Waals surface area contributed by atoms with Crippen molar-refractivity contribution in [1.29, 1.82) is 0 Å². The van der Waals surface area contributed by atoms with Crippen LogP contribution in [0.25, 0.3) is 0 Å². The fourth-order valence-electron chi connectivity index (χ4n) is 4.86. The maximum atomic E-state index is 6.45. The molecule has 0 spiro atoms. The van der Waals surface area contributed by atoms with Crippen molar-refractivity contribution in [3.05, 3.63) is 23.2 Å². The molecule has 0 bridgehead atoms. The summed E-state index contributed by atoms with van der Waals surface area (Å²) in [5.41, 5.74) is 3.32. The van der Waals surface area contributed by atoms with Crippen molar-refractivity contribution >= 4 is 23.3 Å². The van der Waals surface area contributed by atoms with Gasteiger partial charge < -0.3 is 4.52 Å². The lowest BCUT2D eigenvalue weighted by molar-refractivity contribution is 0.176. The van der Waals surface area contributed by atoms with E-state index in [4.69, 9.17) is 16.1 Å². The molecule has 0 saturated heterocycles. The Kier molecular flexibility index (Phi) is 3.01. The number of imidazole rings is 1. The van der Waals surface area contributed by atoms with Gasteiger partial charge in [-0.25, -0.2) is 4.98 Å². The number of halogens is 1. The van der Waals surface area contributed by atoms with Gasteiger partial charge in [-0.05, 0) is 36.8 Å². The van der Waals surface area contributed by atoms with Crippen molar-refractivity contribution in [2.45, 2.75) is 57.2 Å². The lowest BCUT2D eigenvalue weighted by atomic mass is 9.80. The first kappa shape index (κ1) is 15.0. The number of aromatic nitrogens is 4. The van der Waals surface area contributed by atoms with E-state index in [0.717, 1.165) is 30.9 Å². The third-order valence-corrected chi connectivity index (χ3v) is 6.66. The molecule has 5 unspecified atom stereocenters. The molecular formula is C17H20ClN7O. The number of hydrogen-bond acceptors (Lipinski definition) is 7. The molecule has 4 aliphatic rings. The van der Waals surface area contributed by atoms with Crippen LogP contribution in [0.2, 0.25) is 5.28 Å². The lowest BCUT2D eigenvalue weighted by Crippen LogP contribution is -2.53. The van der Waals surface area contributed by atoms with Crippen LogP contribution in [-0.2, 0) is 0 Å². The summed E-state index contributed by atoms with van der Waals surface area (Å²) in [6.45, 7) is 2.21. The van der Waals surface area contributed by atoms with Gasteiger partial charge in [0.1, 0.15) is 12.0 Å². The second-order valence-electron chi connectivity index (χ2n) is 7.93. The molecule has 2 saturated carbocycles. The van der Waals surface area contributed by atoms with Crippen LogP contribution < -0.4 is 10.3 Å². The van der Waals surface area contributed by atoms with Gasteiger partial charge >= 0.3 is 0 Å². The molecule has 5 atom stereocenters. The number of nitrogens with zero attached hydrogens (tertiary/aromatic N) is 6. The van der Waals surface area contributed by atoms with Crippen LogP contribution in [-0.4, -0.2) is 31.7 Å². The predicted molar refractivity (Wildman–Crippen MR) is 95.0 cm³/mol. The van der Waals surface area contributed by atoms with Gasteiger partial charge in [-0.1, -0.05) is 24.9 Å². The van der Waals surface area contributed by atoms with Gasteiger partial charge in [0.2, 0.25) is 11.1 Å². The summed E-state index contributed by atoms with van der Waals surface area (Å²) in [6.07, 6.45) is 7.76. The Morgan fingerprint density at radius 3 is 3.00 bits per heavy atom. The van der Waals surface area contributed by atoms with Gasteiger partial charge in [0.25, 0.3) is 5.89 Å². The van der Waals surface area contributed by atoms with Crippen molar-refractivity contribution in [2.75, 3.05) is 4.90 Å². The van der Waals surface area contributed by atoms with Crippen LogP contribution in [0.3, 0.4) is 0 Å². The summed E-state index contributed by atoms with van der Waals surface area (Å²) in [7, 11) is 0. The highest BCUT2D eigenvalue weighted by Crippen LogP contribution is 2.48. The standard InChI is InChI=1S/C17H20ClN7O/c1-8-6-10(8)13-20-16(26-23-13)15-22-21-14-9-4-2-3-5-11(9)24-12(25(14)15)7-19-17(24)18/h7-11,14,21H,2-6H2,1H3. The molecule has 0 amide bonds. The van der Waals surface area contributed by atoms with Crippen LogP contribution in [0.15, 0.2) is 15.8 Å². The number of rotatable bonds is 2. The highest BCUT2D eigenvalue weighted by molar-refractivity contribution is 6.28. The van der Waals surface area contributed by atoms with Crippen LogP contribution in [0.4, 0.5) is 5.82 Å². The van der Waals surface area contributed by atoms with Crippen molar-refractivity contribution < 1.29 is 4.52 Å². The number of amidine groups is 1. The smallest absolute Gasteiger partial charge is 0.295 e. The summed E-state index contributed by atoms with van der Waals surface area (Å²) in [6, 6.07) is 0.364. The van der Waals surface area contributed by atoms with E-state index in [1.54, 1.807) is 0 Å². The summed E-state index contributed by atoms with van der Waals surface area (Å²) in [4.78, 5) is 11.1. The van der Waals surface area contributed by atoms with Crippen molar-refractivity contribution in [3.63, 3.8) is 0 Å². The van der Waals surface area contributed by atoms with Gasteiger partial charge in [0, 0.05) is 17.9 Å². The third-order valence-electron chi connectivity index (χ3n) is 6.38. The van der Waals surface area contributed by atoms with Crippen molar-refractivity contribution in [2.24, 2.45) is 16.9 Å². The zero-order valence-corrected chi connectivity index (χ0v) is 15.2. The molecule has 136 valence electrons. The molecule has 0 radical (unpaired) electrons. The molecule has 4 heterocycles.